The van der Waals surface area contributed by atoms with Crippen molar-refractivity contribution in [1.82, 2.24) is 5.32 Å². The maximum absolute atomic E-state index is 13.0. The van der Waals surface area contributed by atoms with Crippen LogP contribution in [0.2, 0.25) is 0 Å². The highest BCUT2D eigenvalue weighted by Crippen LogP contribution is 2.47. The van der Waals surface area contributed by atoms with Crippen LogP contribution in [0.15, 0.2) is 12.1 Å². The smallest absolute Gasteiger partial charge is 0.194 e. The SMILES string of the molecule is CCCNCC1CC1c1cc(F)c(F)c(F)c1. The second-order valence-corrected chi connectivity index (χ2v) is 4.60. The molecule has 1 fully saturated rings. The maximum atomic E-state index is 13.0. The fourth-order valence-electron chi connectivity index (χ4n) is 2.13. The van der Waals surface area contributed by atoms with Gasteiger partial charge in [-0.25, -0.2) is 13.2 Å². The first-order chi connectivity index (χ1) is 8.13. The first-order valence-electron chi connectivity index (χ1n) is 5.98. The van der Waals surface area contributed by atoms with Crippen molar-refractivity contribution >= 4 is 0 Å². The molecule has 1 aromatic rings. The van der Waals surface area contributed by atoms with Crippen LogP contribution in [-0.2, 0) is 0 Å². The van der Waals surface area contributed by atoms with Crippen molar-refractivity contribution in [3.63, 3.8) is 0 Å². The van der Waals surface area contributed by atoms with E-state index in [1.165, 1.54) is 0 Å². The number of hydrogen-bond donors (Lipinski definition) is 1. The highest BCUT2D eigenvalue weighted by Gasteiger charge is 2.38. The molecule has 1 saturated carbocycles. The summed E-state index contributed by atoms with van der Waals surface area (Å²) in [5, 5.41) is 3.28. The van der Waals surface area contributed by atoms with Gasteiger partial charge in [-0.1, -0.05) is 6.92 Å². The Hall–Kier alpha value is -1.03. The summed E-state index contributed by atoms with van der Waals surface area (Å²) in [5.41, 5.74) is 0.574. The number of benzene rings is 1. The summed E-state index contributed by atoms with van der Waals surface area (Å²) in [5.74, 6) is -2.97. The Morgan fingerprint density at radius 3 is 2.47 bits per heavy atom. The van der Waals surface area contributed by atoms with Gasteiger partial charge in [0.05, 0.1) is 0 Å². The molecule has 4 heteroatoms. The minimum Gasteiger partial charge on any atom is -0.316 e. The Balaban J connectivity index is 1.96. The van der Waals surface area contributed by atoms with Gasteiger partial charge in [0.25, 0.3) is 0 Å². The van der Waals surface area contributed by atoms with Crippen LogP contribution in [0.1, 0.15) is 31.2 Å². The Morgan fingerprint density at radius 1 is 1.24 bits per heavy atom. The molecule has 1 aliphatic carbocycles. The van der Waals surface area contributed by atoms with Crippen LogP contribution >= 0.6 is 0 Å². The van der Waals surface area contributed by atoms with Crippen LogP contribution in [-0.4, -0.2) is 13.1 Å². The average molecular weight is 243 g/mol. The molecule has 2 unspecified atom stereocenters. The van der Waals surface area contributed by atoms with Gasteiger partial charge in [0, 0.05) is 0 Å². The summed E-state index contributed by atoms with van der Waals surface area (Å²) in [7, 11) is 0. The monoisotopic (exact) mass is 243 g/mol. The zero-order valence-corrected chi connectivity index (χ0v) is 9.77. The van der Waals surface area contributed by atoms with Crippen molar-refractivity contribution in [2.45, 2.75) is 25.7 Å². The standard InChI is InChI=1S/C13H16F3N/c1-2-3-17-7-9-4-10(9)8-5-11(14)13(16)12(15)6-8/h5-6,9-10,17H,2-4,7H2,1H3. The molecule has 1 aliphatic rings. The molecule has 94 valence electrons. The van der Waals surface area contributed by atoms with E-state index in [2.05, 4.69) is 12.2 Å². The minimum atomic E-state index is -1.38. The predicted molar refractivity (Wildman–Crippen MR) is 60.3 cm³/mol. The van der Waals surface area contributed by atoms with E-state index in [0.717, 1.165) is 38.1 Å². The normalized spacial score (nSPS) is 22.8. The highest BCUT2D eigenvalue weighted by atomic mass is 19.2. The topological polar surface area (TPSA) is 12.0 Å². The van der Waals surface area contributed by atoms with E-state index < -0.39 is 17.5 Å². The molecule has 1 aromatic carbocycles. The van der Waals surface area contributed by atoms with Gasteiger partial charge in [-0.2, -0.15) is 0 Å². The molecule has 0 spiro atoms. The molecule has 0 bridgehead atoms. The van der Waals surface area contributed by atoms with Gasteiger partial charge in [-0.3, -0.25) is 0 Å². The van der Waals surface area contributed by atoms with Crippen LogP contribution < -0.4 is 5.32 Å². The van der Waals surface area contributed by atoms with Gasteiger partial charge < -0.3 is 5.32 Å². The quantitative estimate of drug-likeness (QED) is 0.618. The van der Waals surface area contributed by atoms with E-state index in [4.69, 9.17) is 0 Å². The summed E-state index contributed by atoms with van der Waals surface area (Å²) in [6.07, 6.45) is 1.98. The van der Waals surface area contributed by atoms with Gasteiger partial charge in [-0.05, 0) is 55.5 Å². The van der Waals surface area contributed by atoms with Gasteiger partial charge >= 0.3 is 0 Å². The molecule has 0 saturated heterocycles. The fourth-order valence-corrected chi connectivity index (χ4v) is 2.13. The fraction of sp³-hybridized carbons (Fsp3) is 0.538. The summed E-state index contributed by atoms with van der Waals surface area (Å²) >= 11 is 0. The van der Waals surface area contributed by atoms with Crippen molar-refractivity contribution in [2.75, 3.05) is 13.1 Å². The lowest BCUT2D eigenvalue weighted by Gasteiger charge is -2.04. The molecule has 0 heterocycles. The average Bonchev–Trinajstić information content (AvgIpc) is 3.05. The molecule has 2 rings (SSSR count). The van der Waals surface area contributed by atoms with Crippen LogP contribution in [0.4, 0.5) is 13.2 Å². The lowest BCUT2D eigenvalue weighted by Crippen LogP contribution is -2.17. The second-order valence-electron chi connectivity index (χ2n) is 4.60. The Labute approximate surface area is 99.0 Å². The molecular formula is C13H16F3N. The number of hydrogen-bond acceptors (Lipinski definition) is 1. The maximum Gasteiger partial charge on any atom is 0.194 e. The summed E-state index contributed by atoms with van der Waals surface area (Å²) in [4.78, 5) is 0. The van der Waals surface area contributed by atoms with Gasteiger partial charge in [0.2, 0.25) is 0 Å². The second kappa shape index (κ2) is 5.08. The predicted octanol–water partition coefficient (Wildman–Crippen LogP) is 3.21. The first-order valence-corrected chi connectivity index (χ1v) is 5.98. The molecule has 0 amide bonds. The van der Waals surface area contributed by atoms with Crippen molar-refractivity contribution in [1.29, 1.82) is 0 Å². The zero-order valence-electron chi connectivity index (χ0n) is 9.77. The van der Waals surface area contributed by atoms with Crippen LogP contribution in [0.5, 0.6) is 0 Å². The van der Waals surface area contributed by atoms with Gasteiger partial charge in [0.1, 0.15) is 0 Å². The lowest BCUT2D eigenvalue weighted by atomic mass is 10.1. The summed E-state index contributed by atoms with van der Waals surface area (Å²) < 4.78 is 38.8. The molecule has 1 N–H and O–H groups in total. The summed E-state index contributed by atoms with van der Waals surface area (Å²) in [6.45, 7) is 3.90. The Bertz CT molecular complexity index is 383. The number of rotatable bonds is 5. The van der Waals surface area contributed by atoms with E-state index >= 15 is 0 Å². The van der Waals surface area contributed by atoms with Crippen LogP contribution in [0, 0.1) is 23.4 Å². The van der Waals surface area contributed by atoms with Gasteiger partial charge in [-0.15, -0.1) is 0 Å². The molecule has 1 nitrogen and oxygen atoms in total. The van der Waals surface area contributed by atoms with E-state index in [-0.39, 0.29) is 5.92 Å². The third-order valence-corrected chi connectivity index (χ3v) is 3.19. The minimum absolute atomic E-state index is 0.170. The first kappa shape index (κ1) is 12.4. The van der Waals surface area contributed by atoms with E-state index in [0.29, 0.717) is 11.5 Å². The van der Waals surface area contributed by atoms with Crippen molar-refractivity contribution in [3.05, 3.63) is 35.1 Å². The van der Waals surface area contributed by atoms with Gasteiger partial charge in [0.15, 0.2) is 17.5 Å². The van der Waals surface area contributed by atoms with Crippen LogP contribution in [0.25, 0.3) is 0 Å². The number of halogens is 3. The Morgan fingerprint density at radius 2 is 1.88 bits per heavy atom. The molecule has 0 aliphatic heterocycles. The summed E-state index contributed by atoms with van der Waals surface area (Å²) in [6, 6.07) is 2.23. The molecule has 17 heavy (non-hydrogen) atoms. The Kier molecular flexibility index (Phi) is 3.72. The van der Waals surface area contributed by atoms with Crippen molar-refractivity contribution in [3.8, 4) is 0 Å². The largest absolute Gasteiger partial charge is 0.316 e. The van der Waals surface area contributed by atoms with E-state index in [1.807, 2.05) is 0 Å². The lowest BCUT2D eigenvalue weighted by molar-refractivity contribution is 0.445. The van der Waals surface area contributed by atoms with E-state index in [9.17, 15) is 13.2 Å². The third kappa shape index (κ3) is 2.80. The molecule has 0 radical (unpaired) electrons. The van der Waals surface area contributed by atoms with Crippen LogP contribution in [0.3, 0.4) is 0 Å². The molecule has 0 aromatic heterocycles. The third-order valence-electron chi connectivity index (χ3n) is 3.19. The van der Waals surface area contributed by atoms with Crippen molar-refractivity contribution in [2.24, 2.45) is 5.92 Å². The number of nitrogens with one attached hydrogen (secondary N) is 1. The molecular weight excluding hydrogens is 227 g/mol. The molecule has 2 atom stereocenters. The van der Waals surface area contributed by atoms with Crippen molar-refractivity contribution < 1.29 is 13.2 Å². The van der Waals surface area contributed by atoms with E-state index in [1.54, 1.807) is 0 Å². The zero-order chi connectivity index (χ0) is 12.4. The highest BCUT2D eigenvalue weighted by molar-refractivity contribution is 5.28.